The van der Waals surface area contributed by atoms with Crippen molar-refractivity contribution in [2.24, 2.45) is 0 Å². The van der Waals surface area contributed by atoms with E-state index in [1.165, 1.54) is 6.07 Å². The van der Waals surface area contributed by atoms with Gasteiger partial charge in [0.1, 0.15) is 6.17 Å². The van der Waals surface area contributed by atoms with Crippen LogP contribution in [0, 0.1) is 0 Å². The number of hydrogen-bond acceptors (Lipinski definition) is 5. The van der Waals surface area contributed by atoms with Gasteiger partial charge in [-0.25, -0.2) is 0 Å². The molecule has 1 amide bonds. The molecule has 0 spiro atoms. The summed E-state index contributed by atoms with van der Waals surface area (Å²) < 4.78 is 1.66. The van der Waals surface area contributed by atoms with E-state index in [-0.39, 0.29) is 17.8 Å². The molecule has 4 heterocycles. The molecule has 0 aliphatic carbocycles. The van der Waals surface area contributed by atoms with Gasteiger partial charge in [-0.05, 0) is 43.9 Å². The van der Waals surface area contributed by atoms with E-state index in [1.54, 1.807) is 35.2 Å². The fraction of sp³-hybridized carbons (Fsp3) is 0.389. The van der Waals surface area contributed by atoms with Gasteiger partial charge in [0.2, 0.25) is 5.43 Å². The quantitative estimate of drug-likeness (QED) is 0.849. The zero-order valence-electron chi connectivity index (χ0n) is 14.2. The topological polar surface area (TPSA) is 78.7 Å². The lowest BCUT2D eigenvalue weighted by Gasteiger charge is -2.56. The first-order valence-corrected chi connectivity index (χ1v) is 8.37. The minimum Gasteiger partial charge on any atom is -0.502 e. The van der Waals surface area contributed by atoms with Crippen LogP contribution in [-0.2, 0) is 5.54 Å². The molecule has 2 aliphatic heterocycles. The number of carbonyl (C=O) groups excluding carboxylic acids is 1. The van der Waals surface area contributed by atoms with Crippen molar-refractivity contribution in [3.8, 4) is 5.75 Å². The molecule has 0 radical (unpaired) electrons. The maximum Gasteiger partial charge on any atom is 0.277 e. The van der Waals surface area contributed by atoms with Gasteiger partial charge in [-0.3, -0.25) is 24.3 Å². The number of fused-ring (bicyclic) bond motifs is 3. The number of aromatic hydroxyl groups is 1. The van der Waals surface area contributed by atoms with E-state index < -0.39 is 16.7 Å². The fourth-order valence-corrected chi connectivity index (χ4v) is 4.12. The number of amides is 1. The predicted molar refractivity (Wildman–Crippen MR) is 91.9 cm³/mol. The summed E-state index contributed by atoms with van der Waals surface area (Å²) in [7, 11) is 1.72. The standard InChI is InChI=1S/C18H20N4O3/c1-18(12-5-9-19-10-6-12)8-3-4-14-20(2)17(25)15-16(24)13(23)7-11-21(15)22(14)18/h5-7,9-11,14,24H,3-4,8H2,1-2H3. The monoisotopic (exact) mass is 340 g/mol. The van der Waals surface area contributed by atoms with Crippen LogP contribution in [0.4, 0.5) is 0 Å². The lowest BCUT2D eigenvalue weighted by Crippen LogP contribution is -2.68. The molecule has 7 nitrogen and oxygen atoms in total. The van der Waals surface area contributed by atoms with E-state index in [1.807, 2.05) is 12.1 Å². The molecule has 0 aromatic carbocycles. The van der Waals surface area contributed by atoms with Gasteiger partial charge in [0.25, 0.3) is 5.91 Å². The highest BCUT2D eigenvalue weighted by Crippen LogP contribution is 2.42. The Morgan fingerprint density at radius 2 is 1.96 bits per heavy atom. The molecule has 4 rings (SSSR count). The average molecular weight is 340 g/mol. The summed E-state index contributed by atoms with van der Waals surface area (Å²) in [6, 6.07) is 5.25. The maximum absolute atomic E-state index is 12.8. The van der Waals surface area contributed by atoms with Crippen LogP contribution >= 0.6 is 0 Å². The Balaban J connectivity index is 1.98. The van der Waals surface area contributed by atoms with Crippen molar-refractivity contribution in [3.63, 3.8) is 0 Å². The Morgan fingerprint density at radius 3 is 2.68 bits per heavy atom. The maximum atomic E-state index is 12.8. The summed E-state index contributed by atoms with van der Waals surface area (Å²) >= 11 is 0. The zero-order chi connectivity index (χ0) is 17.8. The van der Waals surface area contributed by atoms with Crippen LogP contribution in [0.2, 0.25) is 0 Å². The number of hydrogen-bond donors (Lipinski definition) is 1. The minimum absolute atomic E-state index is 0.0217. The Hall–Kier alpha value is -2.83. The highest BCUT2D eigenvalue weighted by Gasteiger charge is 2.48. The number of rotatable bonds is 1. The molecule has 2 aromatic heterocycles. The van der Waals surface area contributed by atoms with Gasteiger partial charge in [-0.1, -0.05) is 0 Å². The van der Waals surface area contributed by atoms with Crippen molar-refractivity contribution in [3.05, 3.63) is 58.3 Å². The lowest BCUT2D eigenvalue weighted by atomic mass is 9.82. The van der Waals surface area contributed by atoms with Gasteiger partial charge >= 0.3 is 0 Å². The molecule has 1 fully saturated rings. The molecular weight excluding hydrogens is 320 g/mol. The molecule has 2 unspecified atom stereocenters. The minimum atomic E-state index is -0.547. The Bertz CT molecular complexity index is 895. The molecule has 2 aliphatic rings. The Labute approximate surface area is 145 Å². The van der Waals surface area contributed by atoms with E-state index >= 15 is 0 Å². The highest BCUT2D eigenvalue weighted by atomic mass is 16.3. The smallest absolute Gasteiger partial charge is 0.277 e. The van der Waals surface area contributed by atoms with E-state index in [0.29, 0.717) is 0 Å². The average Bonchev–Trinajstić information content (AvgIpc) is 2.63. The Kier molecular flexibility index (Phi) is 3.35. The third-order valence-corrected chi connectivity index (χ3v) is 5.47. The number of carbonyl (C=O) groups is 1. The van der Waals surface area contributed by atoms with Crippen LogP contribution in [0.15, 0.2) is 41.6 Å². The van der Waals surface area contributed by atoms with Crippen LogP contribution in [0.5, 0.6) is 5.75 Å². The van der Waals surface area contributed by atoms with Crippen LogP contribution < -0.4 is 10.4 Å². The molecule has 0 bridgehead atoms. The summed E-state index contributed by atoms with van der Waals surface area (Å²) in [6.45, 7) is 2.12. The van der Waals surface area contributed by atoms with Gasteiger partial charge in [0.15, 0.2) is 11.4 Å². The van der Waals surface area contributed by atoms with Gasteiger partial charge in [-0.2, -0.15) is 0 Å². The van der Waals surface area contributed by atoms with Gasteiger partial charge in [-0.15, -0.1) is 0 Å². The normalized spacial score (nSPS) is 25.5. The predicted octanol–water partition coefficient (Wildman–Crippen LogP) is 1.40. The second-order valence-electron chi connectivity index (χ2n) is 6.86. The zero-order valence-corrected chi connectivity index (χ0v) is 14.2. The second-order valence-corrected chi connectivity index (χ2v) is 6.86. The molecule has 130 valence electrons. The molecular formula is C18H20N4O3. The first-order valence-electron chi connectivity index (χ1n) is 8.37. The number of aromatic nitrogens is 2. The molecule has 7 heteroatoms. The van der Waals surface area contributed by atoms with E-state index in [9.17, 15) is 14.7 Å². The Morgan fingerprint density at radius 1 is 1.24 bits per heavy atom. The van der Waals surface area contributed by atoms with Crippen LogP contribution in [-0.4, -0.2) is 38.8 Å². The largest absolute Gasteiger partial charge is 0.502 e. The van der Waals surface area contributed by atoms with E-state index in [0.717, 1.165) is 24.8 Å². The van der Waals surface area contributed by atoms with Gasteiger partial charge in [0.05, 0.1) is 5.54 Å². The molecule has 2 atom stereocenters. The van der Waals surface area contributed by atoms with Crippen molar-refractivity contribution < 1.29 is 9.90 Å². The van der Waals surface area contributed by atoms with Gasteiger partial charge < -0.3 is 10.0 Å². The molecule has 25 heavy (non-hydrogen) atoms. The molecule has 1 N–H and O–H groups in total. The van der Waals surface area contributed by atoms with Gasteiger partial charge in [0, 0.05) is 31.7 Å². The number of nitrogens with zero attached hydrogens (tertiary/aromatic N) is 4. The molecule has 0 saturated carbocycles. The highest BCUT2D eigenvalue weighted by molar-refractivity contribution is 5.96. The summed E-state index contributed by atoms with van der Waals surface area (Å²) in [6.07, 6.45) is 7.64. The summed E-state index contributed by atoms with van der Waals surface area (Å²) in [5, 5.41) is 12.3. The van der Waals surface area contributed by atoms with Crippen LogP contribution in [0.3, 0.4) is 0 Å². The van der Waals surface area contributed by atoms with Crippen molar-refractivity contribution in [1.82, 2.24) is 14.6 Å². The van der Waals surface area contributed by atoms with E-state index in [2.05, 4.69) is 16.9 Å². The number of piperidine rings is 1. The second kappa shape index (κ2) is 5.34. The number of pyridine rings is 2. The van der Waals surface area contributed by atoms with Crippen molar-refractivity contribution in [2.75, 3.05) is 12.1 Å². The summed E-state index contributed by atoms with van der Waals surface area (Å²) in [5.41, 5.74) is 0.165. The molecule has 1 saturated heterocycles. The first-order chi connectivity index (χ1) is 11.9. The molecule has 2 aromatic rings. The van der Waals surface area contributed by atoms with Crippen LogP contribution in [0.1, 0.15) is 42.2 Å². The summed E-state index contributed by atoms with van der Waals surface area (Å²) in [5.74, 6) is -0.837. The summed E-state index contributed by atoms with van der Waals surface area (Å²) in [4.78, 5) is 30.4. The van der Waals surface area contributed by atoms with E-state index in [4.69, 9.17) is 0 Å². The van der Waals surface area contributed by atoms with Crippen LogP contribution in [0.25, 0.3) is 0 Å². The van der Waals surface area contributed by atoms with Crippen molar-refractivity contribution in [1.29, 1.82) is 0 Å². The SMILES string of the molecule is CN1C(=O)c2c(O)c(=O)ccn2N2C1CCCC2(C)c1ccncc1. The lowest BCUT2D eigenvalue weighted by molar-refractivity contribution is 0.0471. The van der Waals surface area contributed by atoms with Crippen molar-refractivity contribution in [2.45, 2.75) is 37.9 Å². The third-order valence-electron chi connectivity index (χ3n) is 5.47. The fourth-order valence-electron chi connectivity index (χ4n) is 4.12. The first kappa shape index (κ1) is 15.7. The van der Waals surface area contributed by atoms with Crippen molar-refractivity contribution >= 4 is 5.91 Å². The third kappa shape index (κ3) is 2.08.